The number of ether oxygens (including phenoxy) is 1. The number of aryl methyl sites for hydroxylation is 1. The number of pyridine rings is 1. The van der Waals surface area contributed by atoms with E-state index in [1.54, 1.807) is 19.5 Å². The number of carbonyl (C=O) groups excluding carboxylic acids is 1. The van der Waals surface area contributed by atoms with Crippen molar-refractivity contribution in [1.82, 2.24) is 9.97 Å². The Morgan fingerprint density at radius 3 is 2.96 bits per heavy atom. The van der Waals surface area contributed by atoms with Gasteiger partial charge in [0, 0.05) is 29.8 Å². The molecule has 7 heteroatoms. The van der Waals surface area contributed by atoms with Gasteiger partial charge in [0.25, 0.3) is 0 Å². The van der Waals surface area contributed by atoms with E-state index in [2.05, 4.69) is 31.2 Å². The zero-order valence-electron chi connectivity index (χ0n) is 13.5. The minimum absolute atomic E-state index is 0.0565. The molecule has 2 aromatic heterocycles. The molecular weight excluding hydrogens is 402 g/mol. The van der Waals surface area contributed by atoms with Crippen LogP contribution >= 0.6 is 27.3 Å². The number of rotatable bonds is 6. The summed E-state index contributed by atoms with van der Waals surface area (Å²) in [5, 5.41) is 5.36. The summed E-state index contributed by atoms with van der Waals surface area (Å²) in [4.78, 5) is 20.7. The van der Waals surface area contributed by atoms with Crippen molar-refractivity contribution in [3.63, 3.8) is 0 Å². The van der Waals surface area contributed by atoms with Crippen molar-refractivity contribution >= 4 is 38.3 Å². The van der Waals surface area contributed by atoms with E-state index in [0.717, 1.165) is 27.0 Å². The number of aromatic nitrogens is 2. The van der Waals surface area contributed by atoms with Gasteiger partial charge in [0.05, 0.1) is 17.3 Å². The van der Waals surface area contributed by atoms with Gasteiger partial charge in [-0.25, -0.2) is 4.98 Å². The Morgan fingerprint density at radius 2 is 2.24 bits per heavy atom. The normalized spacial score (nSPS) is 10.5. The van der Waals surface area contributed by atoms with Crippen molar-refractivity contribution in [3.05, 3.63) is 58.1 Å². The second-order valence-corrected chi connectivity index (χ2v) is 7.01. The molecule has 3 aromatic rings. The van der Waals surface area contributed by atoms with Gasteiger partial charge in [-0.15, -0.1) is 11.3 Å². The van der Waals surface area contributed by atoms with Crippen LogP contribution in [0.25, 0.3) is 11.3 Å². The summed E-state index contributed by atoms with van der Waals surface area (Å²) in [5.74, 6) is 0.720. The van der Waals surface area contributed by atoms with Crippen LogP contribution in [0, 0.1) is 0 Å². The van der Waals surface area contributed by atoms with Crippen LogP contribution < -0.4 is 10.1 Å². The molecule has 128 valence electrons. The van der Waals surface area contributed by atoms with Crippen LogP contribution in [0.15, 0.2) is 52.6 Å². The van der Waals surface area contributed by atoms with Crippen molar-refractivity contribution in [2.24, 2.45) is 0 Å². The number of hydrogen-bond donors (Lipinski definition) is 1. The third-order valence-electron chi connectivity index (χ3n) is 3.56. The number of nitrogens with zero attached hydrogens (tertiary/aromatic N) is 2. The Morgan fingerprint density at radius 1 is 1.36 bits per heavy atom. The SMILES string of the molecule is COc1ccc(CCC(=O)Nc2nc(-c3cccnc3)cs2)cc1Br. The van der Waals surface area contributed by atoms with E-state index in [1.165, 1.54) is 11.3 Å². The van der Waals surface area contributed by atoms with Crippen molar-refractivity contribution in [2.45, 2.75) is 12.8 Å². The van der Waals surface area contributed by atoms with Gasteiger partial charge in [0.15, 0.2) is 5.13 Å². The highest BCUT2D eigenvalue weighted by Gasteiger charge is 2.09. The predicted octanol–water partition coefficient (Wildman–Crippen LogP) is 4.55. The number of methoxy groups -OCH3 is 1. The topological polar surface area (TPSA) is 64.1 Å². The fraction of sp³-hybridized carbons (Fsp3) is 0.167. The van der Waals surface area contributed by atoms with Crippen molar-refractivity contribution < 1.29 is 9.53 Å². The summed E-state index contributed by atoms with van der Waals surface area (Å²) in [6.45, 7) is 0. The summed E-state index contributed by atoms with van der Waals surface area (Å²) < 4.78 is 6.09. The molecule has 25 heavy (non-hydrogen) atoms. The monoisotopic (exact) mass is 417 g/mol. The van der Waals surface area contributed by atoms with E-state index >= 15 is 0 Å². The number of amides is 1. The number of halogens is 1. The van der Waals surface area contributed by atoms with Gasteiger partial charge < -0.3 is 10.1 Å². The second-order valence-electron chi connectivity index (χ2n) is 5.30. The number of anilines is 1. The van der Waals surface area contributed by atoms with Crippen LogP contribution in [0.5, 0.6) is 5.75 Å². The van der Waals surface area contributed by atoms with Crippen molar-refractivity contribution in [2.75, 3.05) is 12.4 Å². The zero-order chi connectivity index (χ0) is 17.6. The number of benzene rings is 1. The molecule has 0 aliphatic heterocycles. The van der Waals surface area contributed by atoms with E-state index in [9.17, 15) is 4.79 Å². The van der Waals surface area contributed by atoms with Gasteiger partial charge in [-0.05, 0) is 52.2 Å². The largest absolute Gasteiger partial charge is 0.496 e. The number of carbonyl (C=O) groups is 1. The maximum absolute atomic E-state index is 12.1. The van der Waals surface area contributed by atoms with Crippen LogP contribution in [0.1, 0.15) is 12.0 Å². The van der Waals surface area contributed by atoms with Crippen LogP contribution in [-0.4, -0.2) is 23.0 Å². The lowest BCUT2D eigenvalue weighted by molar-refractivity contribution is -0.116. The Hall–Kier alpha value is -2.25. The molecule has 1 aromatic carbocycles. The molecule has 0 saturated heterocycles. The molecule has 0 bridgehead atoms. The van der Waals surface area contributed by atoms with E-state index in [0.29, 0.717) is 18.0 Å². The molecule has 2 heterocycles. The highest BCUT2D eigenvalue weighted by molar-refractivity contribution is 9.10. The van der Waals surface area contributed by atoms with Crippen molar-refractivity contribution in [3.8, 4) is 17.0 Å². The fourth-order valence-electron chi connectivity index (χ4n) is 2.28. The molecule has 0 atom stereocenters. The number of thiazole rings is 1. The van der Waals surface area contributed by atoms with Gasteiger partial charge in [-0.3, -0.25) is 9.78 Å². The Labute approximate surface area is 158 Å². The Bertz CT molecular complexity index is 868. The van der Waals surface area contributed by atoms with E-state index in [1.807, 2.05) is 35.7 Å². The fourth-order valence-corrected chi connectivity index (χ4v) is 3.61. The quantitative estimate of drug-likeness (QED) is 0.638. The Kier molecular flexibility index (Phi) is 5.78. The maximum Gasteiger partial charge on any atom is 0.226 e. The summed E-state index contributed by atoms with van der Waals surface area (Å²) in [6.07, 6.45) is 4.51. The molecule has 0 aliphatic rings. The predicted molar refractivity (Wildman–Crippen MR) is 103 cm³/mol. The van der Waals surface area contributed by atoms with E-state index < -0.39 is 0 Å². The third kappa shape index (κ3) is 4.64. The smallest absolute Gasteiger partial charge is 0.226 e. The lowest BCUT2D eigenvalue weighted by atomic mass is 10.1. The van der Waals surface area contributed by atoms with Crippen LogP contribution in [0.4, 0.5) is 5.13 Å². The first-order valence-corrected chi connectivity index (χ1v) is 9.31. The molecule has 0 unspecified atom stereocenters. The van der Waals surface area contributed by atoms with Gasteiger partial charge in [0.1, 0.15) is 5.75 Å². The van der Waals surface area contributed by atoms with Crippen LogP contribution in [0.3, 0.4) is 0 Å². The summed E-state index contributed by atoms with van der Waals surface area (Å²) in [7, 11) is 1.63. The number of hydrogen-bond acceptors (Lipinski definition) is 5. The Balaban J connectivity index is 1.56. The molecule has 1 N–H and O–H groups in total. The second kappa shape index (κ2) is 8.22. The number of nitrogens with one attached hydrogen (secondary N) is 1. The molecule has 0 spiro atoms. The molecule has 0 fully saturated rings. The first-order valence-electron chi connectivity index (χ1n) is 7.64. The lowest BCUT2D eigenvalue weighted by Crippen LogP contribution is -2.12. The summed E-state index contributed by atoms with van der Waals surface area (Å²) in [5.41, 5.74) is 2.81. The van der Waals surface area contributed by atoms with Crippen molar-refractivity contribution in [1.29, 1.82) is 0 Å². The molecule has 5 nitrogen and oxygen atoms in total. The van der Waals surface area contributed by atoms with Gasteiger partial charge >= 0.3 is 0 Å². The van der Waals surface area contributed by atoms with E-state index in [4.69, 9.17) is 4.74 Å². The maximum atomic E-state index is 12.1. The molecule has 0 aliphatic carbocycles. The van der Waals surface area contributed by atoms with E-state index in [-0.39, 0.29) is 5.91 Å². The average Bonchev–Trinajstić information content (AvgIpc) is 3.09. The molecule has 3 rings (SSSR count). The van der Waals surface area contributed by atoms with Crippen LogP contribution in [0.2, 0.25) is 0 Å². The standard InChI is InChI=1S/C18H16BrN3O2S/c1-24-16-6-4-12(9-14(16)19)5-7-17(23)22-18-21-15(11-25-18)13-3-2-8-20-10-13/h2-4,6,8-11H,5,7H2,1H3,(H,21,22,23). The van der Waals surface area contributed by atoms with Gasteiger partial charge in [-0.1, -0.05) is 6.07 Å². The average molecular weight is 418 g/mol. The first kappa shape index (κ1) is 17.6. The molecule has 0 saturated carbocycles. The first-order chi connectivity index (χ1) is 12.2. The highest BCUT2D eigenvalue weighted by Crippen LogP contribution is 2.26. The van der Waals surface area contributed by atoms with Gasteiger partial charge in [-0.2, -0.15) is 0 Å². The third-order valence-corrected chi connectivity index (χ3v) is 4.94. The molecule has 1 amide bonds. The minimum atomic E-state index is -0.0565. The highest BCUT2D eigenvalue weighted by atomic mass is 79.9. The molecule has 0 radical (unpaired) electrons. The lowest BCUT2D eigenvalue weighted by Gasteiger charge is -2.06. The summed E-state index contributed by atoms with van der Waals surface area (Å²) in [6, 6.07) is 9.62. The van der Waals surface area contributed by atoms with Crippen LogP contribution in [-0.2, 0) is 11.2 Å². The zero-order valence-corrected chi connectivity index (χ0v) is 15.9. The molecular formula is C18H16BrN3O2S. The minimum Gasteiger partial charge on any atom is -0.496 e. The van der Waals surface area contributed by atoms with Gasteiger partial charge in [0.2, 0.25) is 5.91 Å². The summed E-state index contributed by atoms with van der Waals surface area (Å²) >= 11 is 4.86.